The molecule has 0 unspecified atom stereocenters. The van der Waals surface area contributed by atoms with Gasteiger partial charge in [0.1, 0.15) is 5.82 Å². The van der Waals surface area contributed by atoms with E-state index in [4.69, 9.17) is 9.47 Å². The van der Waals surface area contributed by atoms with Crippen molar-refractivity contribution >= 4 is 17.0 Å². The molecule has 1 aromatic carbocycles. The van der Waals surface area contributed by atoms with Crippen LogP contribution in [0.15, 0.2) is 30.3 Å². The van der Waals surface area contributed by atoms with E-state index in [1.807, 2.05) is 4.90 Å². The molecule has 8 nitrogen and oxygen atoms in total. The van der Waals surface area contributed by atoms with Crippen molar-refractivity contribution in [2.75, 3.05) is 50.9 Å². The maximum Gasteiger partial charge on any atom is 0.296 e. The number of morpholine rings is 1. The van der Waals surface area contributed by atoms with Gasteiger partial charge in [-0.05, 0) is 44.0 Å². The molecule has 1 N–H and O–H groups in total. The standard InChI is InChI=1S/C22H26F2N6O2/c23-20(24)21-26-16-3-1-2-4-17(16)30(21)18-13-19(32-14-15-5-7-25-8-6-15)28-22(27-18)29-9-11-31-12-10-29/h1-4,13,15,20,25H,5-12,14H2. The Labute approximate surface area is 184 Å². The molecule has 0 aliphatic carbocycles. The van der Waals surface area contributed by atoms with E-state index in [0.717, 1.165) is 25.9 Å². The number of aromatic nitrogens is 4. The first kappa shape index (κ1) is 21.0. The molecule has 2 aliphatic rings. The molecule has 2 aromatic heterocycles. The van der Waals surface area contributed by atoms with E-state index in [2.05, 4.69) is 20.3 Å². The third kappa shape index (κ3) is 4.37. The monoisotopic (exact) mass is 444 g/mol. The lowest BCUT2D eigenvalue weighted by molar-refractivity contribution is 0.122. The lowest BCUT2D eigenvalue weighted by Gasteiger charge is -2.27. The molecule has 0 atom stereocenters. The summed E-state index contributed by atoms with van der Waals surface area (Å²) in [5, 5.41) is 3.35. The molecule has 2 fully saturated rings. The van der Waals surface area contributed by atoms with Crippen molar-refractivity contribution in [2.45, 2.75) is 19.3 Å². The Kier molecular flexibility index (Phi) is 6.13. The van der Waals surface area contributed by atoms with Crippen LogP contribution in [-0.2, 0) is 4.74 Å². The van der Waals surface area contributed by atoms with E-state index < -0.39 is 6.43 Å². The number of para-hydroxylation sites is 2. The molecular weight excluding hydrogens is 418 g/mol. The summed E-state index contributed by atoms with van der Waals surface area (Å²) in [6.45, 7) is 4.87. The minimum Gasteiger partial charge on any atom is -0.477 e. The average Bonchev–Trinajstić information content (AvgIpc) is 3.24. The Morgan fingerprint density at radius 1 is 1.09 bits per heavy atom. The second-order valence-electron chi connectivity index (χ2n) is 8.06. The van der Waals surface area contributed by atoms with Crippen molar-refractivity contribution < 1.29 is 18.3 Å². The van der Waals surface area contributed by atoms with Crippen LogP contribution in [0.25, 0.3) is 16.9 Å². The fraction of sp³-hybridized carbons (Fsp3) is 0.500. The van der Waals surface area contributed by atoms with Gasteiger partial charge in [-0.2, -0.15) is 9.97 Å². The van der Waals surface area contributed by atoms with E-state index in [1.165, 1.54) is 4.57 Å². The highest BCUT2D eigenvalue weighted by molar-refractivity contribution is 5.78. The zero-order chi connectivity index (χ0) is 21.9. The van der Waals surface area contributed by atoms with Crippen molar-refractivity contribution in [2.24, 2.45) is 5.92 Å². The Balaban J connectivity index is 1.55. The maximum absolute atomic E-state index is 13.9. The Bertz CT molecular complexity index is 1060. The summed E-state index contributed by atoms with van der Waals surface area (Å²) in [5.74, 6) is 1.25. The molecule has 0 amide bonds. The van der Waals surface area contributed by atoms with E-state index in [-0.39, 0.29) is 5.82 Å². The molecule has 10 heteroatoms. The number of ether oxygens (including phenoxy) is 2. The first-order valence-corrected chi connectivity index (χ1v) is 11.0. The first-order chi connectivity index (χ1) is 15.7. The molecule has 2 aliphatic heterocycles. The number of halogens is 2. The van der Waals surface area contributed by atoms with Gasteiger partial charge in [0.15, 0.2) is 5.82 Å². The van der Waals surface area contributed by atoms with Crippen molar-refractivity contribution in [3.05, 3.63) is 36.2 Å². The summed E-state index contributed by atoms with van der Waals surface area (Å²) in [7, 11) is 0. The lowest BCUT2D eigenvalue weighted by Crippen LogP contribution is -2.37. The number of rotatable bonds is 6. The molecule has 3 aromatic rings. The highest BCUT2D eigenvalue weighted by Crippen LogP contribution is 2.29. The highest BCUT2D eigenvalue weighted by atomic mass is 19.3. The normalized spacial score (nSPS) is 17.9. The zero-order valence-corrected chi connectivity index (χ0v) is 17.7. The molecule has 2 saturated heterocycles. The van der Waals surface area contributed by atoms with Gasteiger partial charge >= 0.3 is 0 Å². The molecule has 4 heterocycles. The van der Waals surface area contributed by atoms with Crippen molar-refractivity contribution in [3.63, 3.8) is 0 Å². The van der Waals surface area contributed by atoms with Crippen LogP contribution in [0, 0.1) is 5.92 Å². The van der Waals surface area contributed by atoms with E-state index in [0.29, 0.717) is 67.5 Å². The molecule has 0 saturated carbocycles. The van der Waals surface area contributed by atoms with Gasteiger partial charge < -0.3 is 19.7 Å². The maximum atomic E-state index is 13.9. The summed E-state index contributed by atoms with van der Waals surface area (Å²) < 4.78 is 40.7. The largest absolute Gasteiger partial charge is 0.477 e. The summed E-state index contributed by atoms with van der Waals surface area (Å²) in [6.07, 6.45) is -0.672. The SMILES string of the molecule is FC(F)c1nc2ccccc2n1-c1cc(OCC2CCNCC2)nc(N2CCOCC2)n1. The molecule has 0 spiro atoms. The number of fused-ring (bicyclic) bond motifs is 1. The number of hydrogen-bond donors (Lipinski definition) is 1. The van der Waals surface area contributed by atoms with E-state index in [9.17, 15) is 8.78 Å². The summed E-state index contributed by atoms with van der Waals surface area (Å²) in [6, 6.07) is 8.69. The second-order valence-corrected chi connectivity index (χ2v) is 8.06. The third-order valence-electron chi connectivity index (χ3n) is 5.91. The van der Waals surface area contributed by atoms with Gasteiger partial charge in [-0.15, -0.1) is 0 Å². The van der Waals surface area contributed by atoms with Gasteiger partial charge in [-0.3, -0.25) is 4.57 Å². The predicted molar refractivity (Wildman–Crippen MR) is 116 cm³/mol. The highest BCUT2D eigenvalue weighted by Gasteiger charge is 2.24. The molecule has 32 heavy (non-hydrogen) atoms. The third-order valence-corrected chi connectivity index (χ3v) is 5.91. The summed E-state index contributed by atoms with van der Waals surface area (Å²) >= 11 is 0. The van der Waals surface area contributed by atoms with Crippen LogP contribution >= 0.6 is 0 Å². The number of hydrogen-bond acceptors (Lipinski definition) is 7. The van der Waals surface area contributed by atoms with Crippen LogP contribution < -0.4 is 15.0 Å². The summed E-state index contributed by atoms with van der Waals surface area (Å²) in [4.78, 5) is 15.4. The Hall–Kier alpha value is -2.85. The zero-order valence-electron chi connectivity index (χ0n) is 17.7. The Morgan fingerprint density at radius 3 is 2.66 bits per heavy atom. The molecule has 170 valence electrons. The smallest absolute Gasteiger partial charge is 0.296 e. The van der Waals surface area contributed by atoms with Crippen molar-refractivity contribution in [3.8, 4) is 11.7 Å². The second kappa shape index (κ2) is 9.33. The number of piperidine rings is 1. The quantitative estimate of drug-likeness (QED) is 0.626. The number of nitrogens with zero attached hydrogens (tertiary/aromatic N) is 5. The van der Waals surface area contributed by atoms with Crippen LogP contribution in [0.4, 0.5) is 14.7 Å². The molecular formula is C22H26F2N6O2. The van der Waals surface area contributed by atoms with Gasteiger partial charge in [-0.1, -0.05) is 12.1 Å². The van der Waals surface area contributed by atoms with Gasteiger partial charge in [-0.25, -0.2) is 13.8 Å². The molecule has 0 radical (unpaired) electrons. The number of imidazole rings is 1. The topological polar surface area (TPSA) is 77.3 Å². The van der Waals surface area contributed by atoms with Gasteiger partial charge in [0, 0.05) is 19.2 Å². The van der Waals surface area contributed by atoms with Crippen molar-refractivity contribution in [1.82, 2.24) is 24.8 Å². The number of nitrogens with one attached hydrogen (secondary N) is 1. The van der Waals surface area contributed by atoms with Crippen LogP contribution in [0.3, 0.4) is 0 Å². The summed E-state index contributed by atoms with van der Waals surface area (Å²) in [5.41, 5.74) is 1.06. The van der Waals surface area contributed by atoms with Gasteiger partial charge in [0.25, 0.3) is 6.43 Å². The van der Waals surface area contributed by atoms with Gasteiger partial charge in [0.05, 0.1) is 30.9 Å². The average molecular weight is 444 g/mol. The van der Waals surface area contributed by atoms with E-state index >= 15 is 0 Å². The van der Waals surface area contributed by atoms with Crippen LogP contribution in [-0.4, -0.2) is 65.5 Å². The first-order valence-electron chi connectivity index (χ1n) is 11.0. The van der Waals surface area contributed by atoms with Crippen LogP contribution in [0.5, 0.6) is 5.88 Å². The lowest BCUT2D eigenvalue weighted by atomic mass is 9.99. The van der Waals surface area contributed by atoms with Gasteiger partial charge in [0.2, 0.25) is 11.8 Å². The Morgan fingerprint density at radius 2 is 1.88 bits per heavy atom. The minimum atomic E-state index is -2.75. The van der Waals surface area contributed by atoms with E-state index in [1.54, 1.807) is 30.3 Å². The number of alkyl halides is 2. The van der Waals surface area contributed by atoms with Crippen molar-refractivity contribution in [1.29, 1.82) is 0 Å². The number of anilines is 1. The fourth-order valence-electron chi connectivity index (χ4n) is 4.18. The molecule has 5 rings (SSSR count). The molecule has 0 bridgehead atoms. The van der Waals surface area contributed by atoms with Crippen LogP contribution in [0.1, 0.15) is 25.1 Å². The fourth-order valence-corrected chi connectivity index (χ4v) is 4.18. The minimum absolute atomic E-state index is 0.325. The van der Waals surface area contributed by atoms with Crippen LogP contribution in [0.2, 0.25) is 0 Å². The number of benzene rings is 1. The predicted octanol–water partition coefficient (Wildman–Crippen LogP) is 2.97.